The van der Waals surface area contributed by atoms with Gasteiger partial charge in [-0.1, -0.05) is 17.7 Å². The van der Waals surface area contributed by atoms with Crippen molar-refractivity contribution in [3.8, 4) is 28.3 Å². The zero-order valence-electron chi connectivity index (χ0n) is 15.5. The number of sulfonamides is 1. The molecule has 0 unspecified atom stereocenters. The maximum atomic E-state index is 13.4. The second kappa shape index (κ2) is 7.56. The maximum absolute atomic E-state index is 13.4. The first-order chi connectivity index (χ1) is 14.5. The third-order valence-electron chi connectivity index (χ3n) is 4.46. The molecule has 2 heterocycles. The van der Waals surface area contributed by atoms with Crippen molar-refractivity contribution in [3.05, 3.63) is 77.6 Å². The van der Waals surface area contributed by atoms with Crippen LogP contribution in [0.1, 0.15) is 5.69 Å². The fraction of sp³-hybridized carbons (Fsp3) is 0.0500. The minimum Gasteiger partial charge on any atom is -0.464 e. The van der Waals surface area contributed by atoms with Crippen molar-refractivity contribution >= 4 is 21.6 Å². The molecule has 0 aliphatic heterocycles. The summed E-state index contributed by atoms with van der Waals surface area (Å²) in [7, 11) is -3.95. The van der Waals surface area contributed by atoms with E-state index >= 15 is 0 Å². The monoisotopic (exact) mass is 467 g/mol. The number of halogens is 4. The fourth-order valence-electron chi connectivity index (χ4n) is 3.01. The van der Waals surface area contributed by atoms with E-state index in [4.69, 9.17) is 21.2 Å². The summed E-state index contributed by atoms with van der Waals surface area (Å²) >= 11 is 6.34. The summed E-state index contributed by atoms with van der Waals surface area (Å²) in [4.78, 5) is -0.174. The molecular formula is C20H13ClF3N3O3S. The van der Waals surface area contributed by atoms with Crippen molar-refractivity contribution in [2.24, 2.45) is 5.14 Å². The summed E-state index contributed by atoms with van der Waals surface area (Å²) in [5.41, 5.74) is 0.172. The minimum atomic E-state index is -4.68. The molecule has 31 heavy (non-hydrogen) atoms. The molecule has 2 N–H and O–H groups in total. The highest BCUT2D eigenvalue weighted by Gasteiger charge is 2.35. The molecule has 0 radical (unpaired) electrons. The molecule has 0 atom stereocenters. The van der Waals surface area contributed by atoms with E-state index < -0.39 is 21.9 Å². The number of benzene rings is 2. The molecule has 0 bridgehead atoms. The van der Waals surface area contributed by atoms with Crippen molar-refractivity contribution < 1.29 is 26.0 Å². The van der Waals surface area contributed by atoms with Crippen molar-refractivity contribution in [3.63, 3.8) is 0 Å². The summed E-state index contributed by atoms with van der Waals surface area (Å²) in [6.07, 6.45) is -3.20. The molecule has 2 aromatic carbocycles. The van der Waals surface area contributed by atoms with Crippen LogP contribution < -0.4 is 5.14 Å². The molecule has 4 rings (SSSR count). The van der Waals surface area contributed by atoms with E-state index in [9.17, 15) is 21.6 Å². The number of hydrogen-bond donors (Lipinski definition) is 1. The van der Waals surface area contributed by atoms with Crippen LogP contribution in [0.4, 0.5) is 13.2 Å². The lowest BCUT2D eigenvalue weighted by atomic mass is 10.1. The van der Waals surface area contributed by atoms with Crippen molar-refractivity contribution in [1.82, 2.24) is 9.78 Å². The normalized spacial score (nSPS) is 12.3. The predicted molar refractivity (Wildman–Crippen MR) is 108 cm³/mol. The molecule has 0 aliphatic carbocycles. The van der Waals surface area contributed by atoms with Gasteiger partial charge in [0.25, 0.3) is 0 Å². The molecular weight excluding hydrogens is 455 g/mol. The first-order valence-corrected chi connectivity index (χ1v) is 10.6. The average Bonchev–Trinajstić information content (AvgIpc) is 3.37. The van der Waals surface area contributed by atoms with Crippen LogP contribution in [-0.2, 0) is 16.2 Å². The van der Waals surface area contributed by atoms with Crippen LogP contribution in [0.5, 0.6) is 0 Å². The maximum Gasteiger partial charge on any atom is 0.435 e. The van der Waals surface area contributed by atoms with Crippen LogP contribution >= 0.6 is 11.6 Å². The van der Waals surface area contributed by atoms with E-state index in [1.54, 1.807) is 24.3 Å². The third kappa shape index (κ3) is 4.22. The van der Waals surface area contributed by atoms with E-state index in [1.807, 2.05) is 0 Å². The van der Waals surface area contributed by atoms with Gasteiger partial charge in [-0.2, -0.15) is 18.3 Å². The van der Waals surface area contributed by atoms with Gasteiger partial charge in [0, 0.05) is 11.1 Å². The number of nitrogens with zero attached hydrogens (tertiary/aromatic N) is 2. The zero-order chi connectivity index (χ0) is 22.4. The van der Waals surface area contributed by atoms with E-state index in [-0.39, 0.29) is 21.3 Å². The van der Waals surface area contributed by atoms with Gasteiger partial charge >= 0.3 is 6.18 Å². The molecule has 0 spiro atoms. The Kier molecular flexibility index (Phi) is 5.16. The molecule has 0 aliphatic rings. The molecule has 0 saturated carbocycles. The highest BCUT2D eigenvalue weighted by molar-refractivity contribution is 7.89. The summed E-state index contributed by atoms with van der Waals surface area (Å²) in [5.74, 6) is 0.514. The lowest BCUT2D eigenvalue weighted by Crippen LogP contribution is -2.12. The molecule has 0 saturated heterocycles. The topological polar surface area (TPSA) is 91.1 Å². The lowest BCUT2D eigenvalue weighted by molar-refractivity contribution is -0.141. The second-order valence-corrected chi connectivity index (χ2v) is 8.50. The first kappa shape index (κ1) is 21.2. The standard InChI is InChI=1S/C20H13ClF3N3O3S/c21-16-10-12(3-8-15(16)18-2-1-9-30-18)17-11-19(20(22,23)24)26-27(17)13-4-6-14(7-5-13)31(25,28)29/h1-11H,(H2,25,28,29). The summed E-state index contributed by atoms with van der Waals surface area (Å²) in [6.45, 7) is 0. The molecule has 11 heteroatoms. The van der Waals surface area contributed by atoms with Gasteiger partial charge in [0.1, 0.15) is 5.76 Å². The summed E-state index contributed by atoms with van der Waals surface area (Å²) in [6, 6.07) is 14.0. The van der Waals surface area contributed by atoms with Gasteiger partial charge in [-0.25, -0.2) is 18.2 Å². The smallest absolute Gasteiger partial charge is 0.435 e. The SMILES string of the molecule is NS(=O)(=O)c1ccc(-n2nc(C(F)(F)F)cc2-c2ccc(-c3ccco3)c(Cl)c2)cc1. The summed E-state index contributed by atoms with van der Waals surface area (Å²) in [5, 5.41) is 9.02. The van der Waals surface area contributed by atoms with Crippen LogP contribution in [0.3, 0.4) is 0 Å². The molecule has 4 aromatic rings. The first-order valence-electron chi connectivity index (χ1n) is 8.68. The zero-order valence-corrected chi connectivity index (χ0v) is 17.0. The van der Waals surface area contributed by atoms with Crippen LogP contribution in [0.2, 0.25) is 5.02 Å². The van der Waals surface area contributed by atoms with E-state index in [0.717, 1.165) is 10.7 Å². The fourth-order valence-corrected chi connectivity index (χ4v) is 3.79. The van der Waals surface area contributed by atoms with E-state index in [2.05, 4.69) is 5.10 Å². The van der Waals surface area contributed by atoms with Crippen LogP contribution in [0.25, 0.3) is 28.3 Å². The number of furan rings is 1. The minimum absolute atomic E-state index is 0.114. The molecule has 0 amide bonds. The summed E-state index contributed by atoms with van der Waals surface area (Å²) < 4.78 is 69.3. The van der Waals surface area contributed by atoms with Gasteiger partial charge < -0.3 is 4.42 Å². The predicted octanol–water partition coefficient (Wildman–Crippen LogP) is 5.12. The van der Waals surface area contributed by atoms with Gasteiger partial charge in [0.05, 0.1) is 27.6 Å². The Morgan fingerprint density at radius 3 is 2.29 bits per heavy atom. The van der Waals surface area contributed by atoms with Gasteiger partial charge in [-0.15, -0.1) is 0 Å². The van der Waals surface area contributed by atoms with Gasteiger partial charge in [0.2, 0.25) is 10.0 Å². The Hall–Kier alpha value is -3.08. The van der Waals surface area contributed by atoms with E-state index in [1.165, 1.54) is 36.6 Å². The van der Waals surface area contributed by atoms with Gasteiger partial charge in [-0.05, 0) is 54.6 Å². The number of aromatic nitrogens is 2. The van der Waals surface area contributed by atoms with Crippen molar-refractivity contribution in [1.29, 1.82) is 0 Å². The number of rotatable bonds is 4. The highest BCUT2D eigenvalue weighted by atomic mass is 35.5. The Labute approximate surface area is 179 Å². The second-order valence-electron chi connectivity index (χ2n) is 6.54. The molecule has 160 valence electrons. The highest BCUT2D eigenvalue weighted by Crippen LogP contribution is 2.36. The van der Waals surface area contributed by atoms with Crippen LogP contribution in [-0.4, -0.2) is 18.2 Å². The Morgan fingerprint density at radius 2 is 1.74 bits per heavy atom. The number of alkyl halides is 3. The van der Waals surface area contributed by atoms with Crippen molar-refractivity contribution in [2.45, 2.75) is 11.1 Å². The molecule has 2 aromatic heterocycles. The van der Waals surface area contributed by atoms with Crippen LogP contribution in [0.15, 0.2) is 76.2 Å². The van der Waals surface area contributed by atoms with Gasteiger partial charge in [0.15, 0.2) is 5.69 Å². The quantitative estimate of drug-likeness (QED) is 0.451. The third-order valence-corrected chi connectivity index (χ3v) is 5.70. The molecule has 6 nitrogen and oxygen atoms in total. The van der Waals surface area contributed by atoms with E-state index in [0.29, 0.717) is 16.9 Å². The Morgan fingerprint density at radius 1 is 1.03 bits per heavy atom. The van der Waals surface area contributed by atoms with Gasteiger partial charge in [-0.3, -0.25) is 0 Å². The molecule has 0 fully saturated rings. The largest absolute Gasteiger partial charge is 0.464 e. The lowest BCUT2D eigenvalue weighted by Gasteiger charge is -2.10. The average molecular weight is 468 g/mol. The number of nitrogens with two attached hydrogens (primary N) is 1. The van der Waals surface area contributed by atoms with Crippen molar-refractivity contribution in [2.75, 3.05) is 0 Å². The number of hydrogen-bond acceptors (Lipinski definition) is 4. The Bertz CT molecular complexity index is 1350. The number of primary sulfonamides is 1. The van der Waals surface area contributed by atoms with Crippen LogP contribution in [0, 0.1) is 0 Å². The Balaban J connectivity index is 1.84.